The van der Waals surface area contributed by atoms with Gasteiger partial charge >= 0.3 is 0 Å². The van der Waals surface area contributed by atoms with E-state index in [0.717, 1.165) is 45.3 Å². The summed E-state index contributed by atoms with van der Waals surface area (Å²) in [7, 11) is 0. The molecule has 1 saturated carbocycles. The highest BCUT2D eigenvalue weighted by Crippen LogP contribution is 2.28. The number of nitrogens with two attached hydrogens (primary N) is 1. The molecule has 1 saturated heterocycles. The summed E-state index contributed by atoms with van der Waals surface area (Å²) in [6, 6.07) is 0. The average Bonchev–Trinajstić information content (AvgIpc) is 2.92. The summed E-state index contributed by atoms with van der Waals surface area (Å²) < 4.78 is 0. The van der Waals surface area contributed by atoms with E-state index in [9.17, 15) is 4.79 Å². The van der Waals surface area contributed by atoms with Crippen LogP contribution < -0.4 is 11.1 Å². The summed E-state index contributed by atoms with van der Waals surface area (Å²) in [6.45, 7) is 5.03. The molecular formula is C14H27N3O. The van der Waals surface area contributed by atoms with Crippen molar-refractivity contribution in [1.82, 2.24) is 10.2 Å². The van der Waals surface area contributed by atoms with Gasteiger partial charge in [0.1, 0.15) is 0 Å². The maximum atomic E-state index is 12.0. The first-order chi connectivity index (χ1) is 8.79. The first-order valence-electron chi connectivity index (χ1n) is 7.49. The lowest BCUT2D eigenvalue weighted by Gasteiger charge is -2.27. The highest BCUT2D eigenvalue weighted by molar-refractivity contribution is 5.78. The number of hydrogen-bond acceptors (Lipinski definition) is 3. The molecule has 2 aliphatic rings. The van der Waals surface area contributed by atoms with Crippen LogP contribution in [0.2, 0.25) is 0 Å². The van der Waals surface area contributed by atoms with Gasteiger partial charge in [-0.3, -0.25) is 4.79 Å². The minimum atomic E-state index is 0.242. The second-order valence-electron chi connectivity index (χ2n) is 5.79. The van der Waals surface area contributed by atoms with Gasteiger partial charge in [0.25, 0.3) is 0 Å². The highest BCUT2D eigenvalue weighted by atomic mass is 16.1. The van der Waals surface area contributed by atoms with Gasteiger partial charge in [-0.05, 0) is 64.1 Å². The number of carbonyl (C=O) groups is 1. The van der Waals surface area contributed by atoms with Crippen molar-refractivity contribution in [3.63, 3.8) is 0 Å². The number of carbonyl (C=O) groups excluding carboxylic acids is 1. The van der Waals surface area contributed by atoms with Crippen LogP contribution in [0.4, 0.5) is 0 Å². The smallest absolute Gasteiger partial charge is 0.223 e. The third kappa shape index (κ3) is 3.95. The summed E-state index contributed by atoms with van der Waals surface area (Å²) in [5.74, 6) is 1.16. The van der Waals surface area contributed by atoms with Crippen molar-refractivity contribution in [2.24, 2.45) is 17.6 Å². The van der Waals surface area contributed by atoms with Crippen molar-refractivity contribution in [1.29, 1.82) is 0 Å². The third-order valence-electron chi connectivity index (χ3n) is 4.48. The highest BCUT2D eigenvalue weighted by Gasteiger charge is 2.25. The lowest BCUT2D eigenvalue weighted by Crippen LogP contribution is -2.38. The molecule has 18 heavy (non-hydrogen) atoms. The van der Waals surface area contributed by atoms with Crippen LogP contribution >= 0.6 is 0 Å². The van der Waals surface area contributed by atoms with E-state index in [1.807, 2.05) is 0 Å². The van der Waals surface area contributed by atoms with Crippen molar-refractivity contribution < 1.29 is 4.79 Å². The molecule has 0 radical (unpaired) electrons. The molecule has 1 aliphatic carbocycles. The summed E-state index contributed by atoms with van der Waals surface area (Å²) in [5.41, 5.74) is 5.67. The van der Waals surface area contributed by atoms with Crippen LogP contribution in [0, 0.1) is 11.8 Å². The zero-order valence-corrected chi connectivity index (χ0v) is 11.4. The number of amides is 1. The van der Waals surface area contributed by atoms with E-state index in [1.54, 1.807) is 0 Å². The molecule has 4 heteroatoms. The summed E-state index contributed by atoms with van der Waals surface area (Å²) in [6.07, 6.45) is 6.93. The van der Waals surface area contributed by atoms with Gasteiger partial charge in [-0.1, -0.05) is 0 Å². The molecule has 0 bridgehead atoms. The van der Waals surface area contributed by atoms with Crippen LogP contribution in [0.25, 0.3) is 0 Å². The van der Waals surface area contributed by atoms with Crippen molar-refractivity contribution in [3.05, 3.63) is 0 Å². The maximum absolute atomic E-state index is 12.0. The topological polar surface area (TPSA) is 58.4 Å². The van der Waals surface area contributed by atoms with Gasteiger partial charge in [-0.15, -0.1) is 0 Å². The lowest BCUT2D eigenvalue weighted by molar-refractivity contribution is -0.126. The minimum Gasteiger partial charge on any atom is -0.355 e. The van der Waals surface area contributed by atoms with E-state index >= 15 is 0 Å². The molecular weight excluding hydrogens is 226 g/mol. The fourth-order valence-electron chi connectivity index (χ4n) is 3.15. The Bertz CT molecular complexity index is 256. The Morgan fingerprint density at radius 1 is 1.17 bits per heavy atom. The van der Waals surface area contributed by atoms with E-state index in [4.69, 9.17) is 5.73 Å². The van der Waals surface area contributed by atoms with Gasteiger partial charge in [-0.25, -0.2) is 0 Å². The second-order valence-corrected chi connectivity index (χ2v) is 5.79. The monoisotopic (exact) mass is 253 g/mol. The zero-order chi connectivity index (χ0) is 12.8. The second kappa shape index (κ2) is 7.10. The molecule has 1 aliphatic heterocycles. The molecule has 0 aromatic heterocycles. The van der Waals surface area contributed by atoms with Crippen LogP contribution in [-0.4, -0.2) is 43.5 Å². The maximum Gasteiger partial charge on any atom is 0.223 e. The Labute approximate surface area is 110 Å². The van der Waals surface area contributed by atoms with E-state index in [0.29, 0.717) is 5.92 Å². The molecule has 0 atom stereocenters. The molecule has 3 N–H and O–H groups in total. The number of hydrogen-bond donors (Lipinski definition) is 2. The Kier molecular flexibility index (Phi) is 5.45. The van der Waals surface area contributed by atoms with E-state index in [2.05, 4.69) is 10.2 Å². The van der Waals surface area contributed by atoms with Gasteiger partial charge in [0, 0.05) is 19.0 Å². The molecule has 1 amide bonds. The Morgan fingerprint density at radius 2 is 1.83 bits per heavy atom. The molecule has 0 spiro atoms. The molecule has 1 heterocycles. The van der Waals surface area contributed by atoms with Gasteiger partial charge in [-0.2, -0.15) is 0 Å². The van der Waals surface area contributed by atoms with Crippen molar-refractivity contribution in [3.8, 4) is 0 Å². The molecule has 2 rings (SSSR count). The van der Waals surface area contributed by atoms with E-state index < -0.39 is 0 Å². The first-order valence-corrected chi connectivity index (χ1v) is 7.49. The third-order valence-corrected chi connectivity index (χ3v) is 4.48. The molecule has 0 aromatic rings. The predicted octanol–water partition coefficient (Wildman–Crippen LogP) is 0.964. The van der Waals surface area contributed by atoms with Crippen LogP contribution in [0.3, 0.4) is 0 Å². The SMILES string of the molecule is NCC1CCC(C(=O)NCCN2CCCC2)CC1. The summed E-state index contributed by atoms with van der Waals surface area (Å²) in [5, 5.41) is 3.10. The van der Waals surface area contributed by atoms with Crippen LogP contribution in [0.5, 0.6) is 0 Å². The minimum absolute atomic E-state index is 0.242. The van der Waals surface area contributed by atoms with Crippen LogP contribution in [0.15, 0.2) is 0 Å². The lowest BCUT2D eigenvalue weighted by atomic mass is 9.81. The van der Waals surface area contributed by atoms with Crippen molar-refractivity contribution in [2.45, 2.75) is 38.5 Å². The molecule has 0 unspecified atom stereocenters. The van der Waals surface area contributed by atoms with Crippen molar-refractivity contribution >= 4 is 5.91 Å². The quantitative estimate of drug-likeness (QED) is 0.767. The van der Waals surface area contributed by atoms with Gasteiger partial charge in [0.2, 0.25) is 5.91 Å². The molecule has 0 aromatic carbocycles. The average molecular weight is 253 g/mol. The van der Waals surface area contributed by atoms with Crippen molar-refractivity contribution in [2.75, 3.05) is 32.7 Å². The van der Waals surface area contributed by atoms with Gasteiger partial charge < -0.3 is 16.0 Å². The molecule has 104 valence electrons. The Hall–Kier alpha value is -0.610. The fraction of sp³-hybridized carbons (Fsp3) is 0.929. The number of rotatable bonds is 5. The number of nitrogens with zero attached hydrogens (tertiary/aromatic N) is 1. The van der Waals surface area contributed by atoms with E-state index in [-0.39, 0.29) is 11.8 Å². The standard InChI is InChI=1S/C14H27N3O/c15-11-12-3-5-13(6-4-12)14(18)16-7-10-17-8-1-2-9-17/h12-13H,1-11,15H2,(H,16,18). The largest absolute Gasteiger partial charge is 0.355 e. The van der Waals surface area contributed by atoms with E-state index in [1.165, 1.54) is 25.9 Å². The zero-order valence-electron chi connectivity index (χ0n) is 11.4. The Morgan fingerprint density at radius 3 is 2.44 bits per heavy atom. The normalized spacial score (nSPS) is 29.4. The predicted molar refractivity (Wildman–Crippen MR) is 73.2 cm³/mol. The number of nitrogens with one attached hydrogen (secondary N) is 1. The van der Waals surface area contributed by atoms with Crippen LogP contribution in [-0.2, 0) is 4.79 Å². The molecule has 4 nitrogen and oxygen atoms in total. The first kappa shape index (κ1) is 13.8. The Balaban J connectivity index is 1.59. The van der Waals surface area contributed by atoms with Crippen LogP contribution in [0.1, 0.15) is 38.5 Å². The van der Waals surface area contributed by atoms with Gasteiger partial charge in [0.05, 0.1) is 0 Å². The number of likely N-dealkylation sites (tertiary alicyclic amines) is 1. The van der Waals surface area contributed by atoms with Gasteiger partial charge in [0.15, 0.2) is 0 Å². The molecule has 2 fully saturated rings. The summed E-state index contributed by atoms with van der Waals surface area (Å²) in [4.78, 5) is 14.4. The summed E-state index contributed by atoms with van der Waals surface area (Å²) >= 11 is 0. The fourth-order valence-corrected chi connectivity index (χ4v) is 3.15.